The molecule has 4 rings (SSSR count). The van der Waals surface area contributed by atoms with Crippen molar-refractivity contribution in [3.05, 3.63) is 59.7 Å². The van der Waals surface area contributed by atoms with Gasteiger partial charge in [-0.2, -0.15) is 0 Å². The third kappa shape index (κ3) is 2.74. The van der Waals surface area contributed by atoms with Crippen LogP contribution in [-0.2, 0) is 9.53 Å². The number of thioether (sulfide) groups is 1. The van der Waals surface area contributed by atoms with E-state index in [4.69, 9.17) is 4.74 Å². The second-order valence-electron chi connectivity index (χ2n) is 6.50. The van der Waals surface area contributed by atoms with Crippen LogP contribution >= 0.6 is 11.8 Å². The first-order chi connectivity index (χ1) is 12.6. The number of amides is 1. The zero-order valence-corrected chi connectivity index (χ0v) is 15.1. The van der Waals surface area contributed by atoms with Gasteiger partial charge in [-0.05, 0) is 29.2 Å². The summed E-state index contributed by atoms with van der Waals surface area (Å²) in [6.45, 7) is 2.03. The molecule has 0 bridgehead atoms. The molecular weight excluding hydrogens is 350 g/mol. The van der Waals surface area contributed by atoms with Crippen molar-refractivity contribution in [2.24, 2.45) is 0 Å². The Labute approximate surface area is 156 Å². The van der Waals surface area contributed by atoms with E-state index in [1.54, 1.807) is 0 Å². The van der Waals surface area contributed by atoms with E-state index in [9.17, 15) is 14.7 Å². The SMILES string of the molecule is CC1SCC(C(=O)O)N1C(=O)OCC1c2ccccc2-c2ccccc21. The summed E-state index contributed by atoms with van der Waals surface area (Å²) >= 11 is 1.45. The van der Waals surface area contributed by atoms with Crippen LogP contribution in [0.4, 0.5) is 4.79 Å². The molecular formula is C20H19NO4S. The second-order valence-corrected chi connectivity index (χ2v) is 7.85. The number of nitrogens with zero attached hydrogens (tertiary/aromatic N) is 1. The standard InChI is InChI=1S/C20H19NO4S/c1-12-21(18(11-26-12)19(22)23)20(24)25-10-17-15-8-4-2-6-13(15)14-7-3-5-9-16(14)17/h2-9,12,17-18H,10-11H2,1H3,(H,22,23). The van der Waals surface area contributed by atoms with Crippen molar-refractivity contribution in [3.8, 4) is 11.1 Å². The molecule has 2 atom stereocenters. The van der Waals surface area contributed by atoms with Crippen LogP contribution in [0.1, 0.15) is 24.0 Å². The number of ether oxygens (including phenoxy) is 1. The van der Waals surface area contributed by atoms with Crippen molar-refractivity contribution in [2.45, 2.75) is 24.3 Å². The number of carboxylic acids is 1. The molecule has 1 N–H and O–H groups in total. The van der Waals surface area contributed by atoms with Gasteiger partial charge in [-0.1, -0.05) is 48.5 Å². The number of carbonyl (C=O) groups is 2. The number of hydrogen-bond acceptors (Lipinski definition) is 4. The zero-order chi connectivity index (χ0) is 18.3. The predicted octanol–water partition coefficient (Wildman–Crippen LogP) is 3.78. The minimum Gasteiger partial charge on any atom is -0.480 e. The molecule has 0 spiro atoms. The Morgan fingerprint density at radius 1 is 1.12 bits per heavy atom. The molecule has 5 nitrogen and oxygen atoms in total. The average Bonchev–Trinajstić information content (AvgIpc) is 3.18. The molecule has 6 heteroatoms. The minimum atomic E-state index is -0.990. The first kappa shape index (κ1) is 17.0. The van der Waals surface area contributed by atoms with Gasteiger partial charge in [0.1, 0.15) is 12.6 Å². The Kier molecular flexibility index (Phi) is 4.36. The zero-order valence-electron chi connectivity index (χ0n) is 14.3. The first-order valence-electron chi connectivity index (χ1n) is 8.55. The molecule has 1 fully saturated rings. The molecule has 2 unspecified atom stereocenters. The van der Waals surface area contributed by atoms with E-state index < -0.39 is 18.1 Å². The lowest BCUT2D eigenvalue weighted by atomic mass is 9.98. The van der Waals surface area contributed by atoms with Gasteiger partial charge in [-0.15, -0.1) is 11.8 Å². The predicted molar refractivity (Wildman–Crippen MR) is 100 cm³/mol. The van der Waals surface area contributed by atoms with Crippen LogP contribution in [0.25, 0.3) is 11.1 Å². The van der Waals surface area contributed by atoms with Crippen molar-refractivity contribution < 1.29 is 19.4 Å². The van der Waals surface area contributed by atoms with Crippen molar-refractivity contribution in [2.75, 3.05) is 12.4 Å². The normalized spacial score (nSPS) is 21.3. The molecule has 2 aromatic rings. The Hall–Kier alpha value is -2.47. The summed E-state index contributed by atoms with van der Waals surface area (Å²) in [5.74, 6) is -0.628. The Bertz CT molecular complexity index is 823. The average molecular weight is 369 g/mol. The van der Waals surface area contributed by atoms with Gasteiger partial charge < -0.3 is 9.84 Å². The highest BCUT2D eigenvalue weighted by molar-refractivity contribution is 8.00. The van der Waals surface area contributed by atoms with E-state index in [1.807, 2.05) is 31.2 Å². The van der Waals surface area contributed by atoms with E-state index in [2.05, 4.69) is 24.3 Å². The highest BCUT2D eigenvalue weighted by atomic mass is 32.2. The third-order valence-corrected chi connectivity index (χ3v) is 6.27. The van der Waals surface area contributed by atoms with Crippen LogP contribution in [0.2, 0.25) is 0 Å². The smallest absolute Gasteiger partial charge is 0.411 e. The molecule has 26 heavy (non-hydrogen) atoms. The van der Waals surface area contributed by atoms with Crippen molar-refractivity contribution in [3.63, 3.8) is 0 Å². The molecule has 0 radical (unpaired) electrons. The van der Waals surface area contributed by atoms with E-state index in [1.165, 1.54) is 16.7 Å². The molecule has 2 aliphatic rings. The fraction of sp³-hybridized carbons (Fsp3) is 0.300. The van der Waals surface area contributed by atoms with E-state index in [0.717, 1.165) is 22.3 Å². The maximum Gasteiger partial charge on any atom is 0.411 e. The van der Waals surface area contributed by atoms with Gasteiger partial charge in [0, 0.05) is 11.7 Å². The van der Waals surface area contributed by atoms with Gasteiger partial charge in [0.2, 0.25) is 0 Å². The number of benzene rings is 2. The molecule has 1 saturated heterocycles. The summed E-state index contributed by atoms with van der Waals surface area (Å²) in [4.78, 5) is 25.3. The van der Waals surface area contributed by atoms with Gasteiger partial charge in [0.05, 0.1) is 5.37 Å². The largest absolute Gasteiger partial charge is 0.480 e. The molecule has 1 heterocycles. The third-order valence-electron chi connectivity index (χ3n) is 5.05. The Morgan fingerprint density at radius 2 is 1.69 bits per heavy atom. The second kappa shape index (κ2) is 6.68. The Balaban J connectivity index is 1.55. The van der Waals surface area contributed by atoms with Crippen molar-refractivity contribution in [1.29, 1.82) is 0 Å². The summed E-state index contributed by atoms with van der Waals surface area (Å²) in [5, 5.41) is 9.13. The molecule has 2 aromatic carbocycles. The summed E-state index contributed by atoms with van der Waals surface area (Å²) in [5.41, 5.74) is 4.61. The van der Waals surface area contributed by atoms with Gasteiger partial charge >= 0.3 is 12.1 Å². The first-order valence-corrected chi connectivity index (χ1v) is 9.60. The number of hydrogen-bond donors (Lipinski definition) is 1. The lowest BCUT2D eigenvalue weighted by molar-refractivity contribution is -0.141. The van der Waals surface area contributed by atoms with Crippen molar-refractivity contribution >= 4 is 23.8 Å². The highest BCUT2D eigenvalue weighted by Gasteiger charge is 2.41. The van der Waals surface area contributed by atoms with Crippen LogP contribution in [0.3, 0.4) is 0 Å². The van der Waals surface area contributed by atoms with Crippen LogP contribution in [0, 0.1) is 0 Å². The van der Waals surface area contributed by atoms with Crippen molar-refractivity contribution in [1.82, 2.24) is 4.90 Å². The summed E-state index contributed by atoms with van der Waals surface area (Å²) in [7, 11) is 0. The fourth-order valence-electron chi connectivity index (χ4n) is 3.78. The number of aliphatic carboxylic acids is 1. The number of carbonyl (C=O) groups excluding carboxylic acids is 1. The number of carboxylic acid groups (broad SMARTS) is 1. The van der Waals surface area contributed by atoms with Crippen LogP contribution in [-0.4, -0.2) is 45.8 Å². The number of rotatable bonds is 3. The van der Waals surface area contributed by atoms with Crippen LogP contribution < -0.4 is 0 Å². The van der Waals surface area contributed by atoms with Gasteiger partial charge in [0.25, 0.3) is 0 Å². The van der Waals surface area contributed by atoms with E-state index in [-0.39, 0.29) is 17.9 Å². The van der Waals surface area contributed by atoms with E-state index in [0.29, 0.717) is 5.75 Å². The lowest BCUT2D eigenvalue weighted by Gasteiger charge is -2.25. The summed E-state index contributed by atoms with van der Waals surface area (Å²) < 4.78 is 5.58. The van der Waals surface area contributed by atoms with Crippen LogP contribution in [0.15, 0.2) is 48.5 Å². The molecule has 1 aliphatic carbocycles. The molecule has 0 aromatic heterocycles. The monoisotopic (exact) mass is 369 g/mol. The number of fused-ring (bicyclic) bond motifs is 3. The maximum atomic E-state index is 12.6. The van der Waals surface area contributed by atoms with Gasteiger partial charge in [0.15, 0.2) is 0 Å². The molecule has 1 aliphatic heterocycles. The summed E-state index contributed by atoms with van der Waals surface area (Å²) in [6.07, 6.45) is -0.559. The minimum absolute atomic E-state index is 0.0276. The molecule has 1 amide bonds. The molecule has 0 saturated carbocycles. The highest BCUT2D eigenvalue weighted by Crippen LogP contribution is 2.44. The van der Waals surface area contributed by atoms with Crippen LogP contribution in [0.5, 0.6) is 0 Å². The lowest BCUT2D eigenvalue weighted by Crippen LogP contribution is -2.45. The topological polar surface area (TPSA) is 66.8 Å². The van der Waals surface area contributed by atoms with Gasteiger partial charge in [-0.25, -0.2) is 9.59 Å². The van der Waals surface area contributed by atoms with Gasteiger partial charge in [-0.3, -0.25) is 4.90 Å². The summed E-state index contributed by atoms with van der Waals surface area (Å²) in [6, 6.07) is 15.4. The quantitative estimate of drug-likeness (QED) is 0.892. The fourth-order valence-corrected chi connectivity index (χ4v) is 4.94. The maximum absolute atomic E-state index is 12.6. The molecule has 134 valence electrons. The Morgan fingerprint density at radius 3 is 2.27 bits per heavy atom. The van der Waals surface area contributed by atoms with E-state index >= 15 is 0 Å².